The van der Waals surface area contributed by atoms with Crippen molar-refractivity contribution in [3.63, 3.8) is 0 Å². The highest BCUT2D eigenvalue weighted by Gasteiger charge is 2.52. The number of nitrogens with two attached hydrogens (primary N) is 2. The van der Waals surface area contributed by atoms with E-state index in [0.717, 1.165) is 0 Å². The molecule has 3 aliphatic heterocycles. The molecule has 4 aromatic heterocycles. The topological polar surface area (TPSA) is 292 Å². The molecule has 236 valence electrons. The van der Waals surface area contributed by atoms with Crippen LogP contribution < -0.4 is 16.2 Å². The van der Waals surface area contributed by atoms with Gasteiger partial charge in [0, 0.05) is 6.54 Å². The molecule has 3 aliphatic rings. The third-order valence-electron chi connectivity index (χ3n) is 7.30. The highest BCUT2D eigenvalue weighted by Crippen LogP contribution is 2.50. The first-order valence-electron chi connectivity index (χ1n) is 12.8. The van der Waals surface area contributed by atoms with Crippen molar-refractivity contribution in [3.05, 3.63) is 25.3 Å². The molecule has 0 aromatic carbocycles. The van der Waals surface area contributed by atoms with Crippen molar-refractivity contribution in [1.82, 2.24) is 43.8 Å². The molecule has 3 saturated heterocycles. The molecule has 21 nitrogen and oxygen atoms in total. The third kappa shape index (κ3) is 5.09. The van der Waals surface area contributed by atoms with Crippen molar-refractivity contribution in [2.45, 2.75) is 49.1 Å². The first-order valence-corrected chi connectivity index (χ1v) is 16.8. The number of ether oxygens (including phenoxy) is 2. The monoisotopic (exact) mass is 673 g/mol. The molecule has 0 aliphatic carbocycles. The Hall–Kier alpha value is -3.06. The first-order chi connectivity index (χ1) is 20.9. The van der Waals surface area contributed by atoms with Crippen molar-refractivity contribution >= 4 is 62.8 Å². The van der Waals surface area contributed by atoms with Crippen LogP contribution in [0.25, 0.3) is 22.3 Å². The summed E-state index contributed by atoms with van der Waals surface area (Å²) in [7, 11) is -4.60. The molecular formula is C20H24N11O10PS2. The number of nitrogens with one attached hydrogen (secondary N) is 1. The van der Waals surface area contributed by atoms with Gasteiger partial charge in [0.15, 0.2) is 35.4 Å². The number of nitrogens with zero attached hydrogens (tertiary/aromatic N) is 8. The quantitative estimate of drug-likeness (QED) is 0.117. The van der Waals surface area contributed by atoms with Crippen LogP contribution >= 0.6 is 6.72 Å². The molecule has 0 radical (unpaired) electrons. The average molecular weight is 674 g/mol. The Morgan fingerprint density at radius 1 is 0.886 bits per heavy atom. The van der Waals surface area contributed by atoms with E-state index in [0.29, 0.717) is 0 Å². The summed E-state index contributed by atoms with van der Waals surface area (Å²) in [6.07, 6.45) is -6.12. The van der Waals surface area contributed by atoms with Crippen LogP contribution in [0.3, 0.4) is 0 Å². The predicted molar refractivity (Wildman–Crippen MR) is 148 cm³/mol. The Balaban J connectivity index is 1.17. The lowest BCUT2D eigenvalue weighted by atomic mass is 10.1. The largest absolute Gasteiger partial charge is 0.386 e. The van der Waals surface area contributed by atoms with E-state index in [1.807, 2.05) is 0 Å². The molecule has 9 atom stereocenters. The molecule has 44 heavy (non-hydrogen) atoms. The van der Waals surface area contributed by atoms with Crippen LogP contribution in [-0.2, 0) is 44.8 Å². The van der Waals surface area contributed by atoms with Crippen molar-refractivity contribution in [2.75, 3.05) is 24.6 Å². The van der Waals surface area contributed by atoms with Gasteiger partial charge >= 0.3 is 17.0 Å². The lowest BCUT2D eigenvalue weighted by Gasteiger charge is -2.28. The Morgan fingerprint density at radius 3 is 2.02 bits per heavy atom. The molecule has 3 fully saturated rings. The van der Waals surface area contributed by atoms with E-state index in [4.69, 9.17) is 46.0 Å². The van der Waals surface area contributed by atoms with Gasteiger partial charge in [0.1, 0.15) is 60.3 Å². The van der Waals surface area contributed by atoms with Crippen molar-refractivity contribution in [3.8, 4) is 0 Å². The maximum atomic E-state index is 13.1. The molecule has 0 amide bonds. The van der Waals surface area contributed by atoms with Crippen LogP contribution in [0, 0.1) is 0 Å². The first kappa shape index (κ1) is 29.6. The number of rotatable bonds is 2. The molecule has 8 N–H and O–H groups in total. The van der Waals surface area contributed by atoms with E-state index in [1.165, 1.54) is 34.4 Å². The summed E-state index contributed by atoms with van der Waals surface area (Å²) in [6.45, 7) is -5.25. The Labute approximate surface area is 251 Å². The molecule has 1 unspecified atom stereocenters. The lowest BCUT2D eigenvalue weighted by Crippen LogP contribution is -2.46. The number of anilines is 2. The van der Waals surface area contributed by atoms with E-state index in [-0.39, 0.29) is 34.0 Å². The van der Waals surface area contributed by atoms with Crippen LogP contribution in [0.1, 0.15) is 12.5 Å². The van der Waals surface area contributed by atoms with Crippen LogP contribution in [-0.4, -0.2) is 112 Å². The summed E-state index contributed by atoms with van der Waals surface area (Å²) in [4.78, 5) is 35.2. The lowest BCUT2D eigenvalue weighted by molar-refractivity contribution is -0.0514. The molecule has 4 aromatic rings. The smallest absolute Gasteiger partial charge is 0.336 e. The van der Waals surface area contributed by atoms with Crippen LogP contribution in [0.15, 0.2) is 25.3 Å². The van der Waals surface area contributed by atoms with Gasteiger partial charge < -0.3 is 40.6 Å². The van der Waals surface area contributed by atoms with Gasteiger partial charge in [-0.1, -0.05) is 0 Å². The summed E-state index contributed by atoms with van der Waals surface area (Å²) in [6, 6.07) is 0. The number of hydrogen-bond donors (Lipinski definition) is 6. The minimum atomic E-state index is -4.60. The zero-order valence-corrected chi connectivity index (χ0v) is 24.6. The van der Waals surface area contributed by atoms with Gasteiger partial charge in [-0.15, -0.1) is 0 Å². The standard InChI is InChI=1S/C20H24N11O10PS2/c21-15-9-17(25-3-23-15)30(5-27-9)19-11(32)13-7(38-19)1-29-44(35,36)41-14-8(2-37-42(34,43)40-13)39-20(12(14)33)31-6-28-10-16(22)24-4-26-18(10)31/h3-8,11-14,19-20,29,32-33H,1-2H2,(H,34,43)(H2,21,23,25)(H2,22,24,26)/t7-,8-,11-,12+,13-,14-,19-,20-,42?/m1/s1. The summed E-state index contributed by atoms with van der Waals surface area (Å²) in [5.41, 5.74) is 12.6. The highest BCUT2D eigenvalue weighted by molar-refractivity contribution is 8.07. The van der Waals surface area contributed by atoms with Crippen molar-refractivity contribution < 1.29 is 46.2 Å². The average Bonchev–Trinajstić information content (AvgIpc) is 3.73. The number of hydrogen-bond acceptors (Lipinski definition) is 18. The fourth-order valence-corrected chi connectivity index (χ4v) is 7.69. The molecular weight excluding hydrogens is 649 g/mol. The second kappa shape index (κ2) is 10.8. The van der Waals surface area contributed by atoms with E-state index < -0.39 is 79.3 Å². The predicted octanol–water partition coefficient (Wildman–Crippen LogP) is -2.80. The van der Waals surface area contributed by atoms with Crippen LogP contribution in [0.2, 0.25) is 0 Å². The maximum absolute atomic E-state index is 13.1. The molecule has 0 saturated carbocycles. The van der Waals surface area contributed by atoms with Crippen LogP contribution in [0.4, 0.5) is 11.6 Å². The summed E-state index contributed by atoms with van der Waals surface area (Å²) in [5.74, 6) is 0.164. The van der Waals surface area contributed by atoms with Gasteiger partial charge in [-0.05, 0) is 11.8 Å². The van der Waals surface area contributed by atoms with Gasteiger partial charge in [-0.3, -0.25) is 13.7 Å². The normalized spacial score (nSPS) is 36.1. The fourth-order valence-electron chi connectivity index (χ4n) is 5.28. The maximum Gasteiger partial charge on any atom is 0.336 e. The summed E-state index contributed by atoms with van der Waals surface area (Å²) >= 11 is 5.21. The van der Waals surface area contributed by atoms with Crippen molar-refractivity contribution in [1.29, 1.82) is 0 Å². The van der Waals surface area contributed by atoms with Gasteiger partial charge in [0.05, 0.1) is 19.3 Å². The minimum Gasteiger partial charge on any atom is -0.386 e. The van der Waals surface area contributed by atoms with Gasteiger partial charge in [0.2, 0.25) is 0 Å². The number of aromatic nitrogens is 8. The number of aliphatic hydroxyl groups is 2. The van der Waals surface area contributed by atoms with Gasteiger partial charge in [-0.2, -0.15) is 13.1 Å². The Morgan fingerprint density at radius 2 is 1.43 bits per heavy atom. The molecule has 24 heteroatoms. The Kier molecular flexibility index (Phi) is 7.26. The van der Waals surface area contributed by atoms with Crippen molar-refractivity contribution in [2.24, 2.45) is 0 Å². The third-order valence-corrected chi connectivity index (χ3v) is 9.85. The summed E-state index contributed by atoms with van der Waals surface area (Å²) < 4.78 is 59.4. The fraction of sp³-hybridized carbons (Fsp3) is 0.500. The minimum absolute atomic E-state index is 0.0769. The SMILES string of the molecule is Nc1ncnc2c1ncn2[C@@H]1O[C@@H]2CNS(=O)(=O)O[C@H]3[C@H](O)[C@H](n4cnc5c(N)ncnc54)O[C@@H]3COP(O)(=S)O[C@H]2[C@H]1O. The number of fused-ring (bicyclic) bond motifs is 4. The Bertz CT molecular complexity index is 1890. The molecule has 0 spiro atoms. The van der Waals surface area contributed by atoms with E-state index in [9.17, 15) is 23.5 Å². The van der Waals surface area contributed by atoms with Gasteiger partial charge in [0.25, 0.3) is 0 Å². The zero-order chi connectivity index (χ0) is 31.0. The number of aliphatic hydroxyl groups excluding tert-OH is 2. The van der Waals surface area contributed by atoms with Crippen LogP contribution in [0.5, 0.6) is 0 Å². The summed E-state index contributed by atoms with van der Waals surface area (Å²) in [5, 5.41) is 22.4. The second-order valence-corrected chi connectivity index (χ2v) is 14.2. The number of nitrogen functional groups attached to an aromatic ring is 2. The number of imidazole rings is 2. The molecule has 7 heterocycles. The van der Waals surface area contributed by atoms with E-state index in [2.05, 4.69) is 34.6 Å². The molecule has 7 rings (SSSR count). The zero-order valence-electron chi connectivity index (χ0n) is 22.0. The van der Waals surface area contributed by atoms with E-state index in [1.54, 1.807) is 0 Å². The van der Waals surface area contributed by atoms with E-state index >= 15 is 0 Å². The highest BCUT2D eigenvalue weighted by atomic mass is 32.5. The van der Waals surface area contributed by atoms with Gasteiger partial charge in [-0.25, -0.2) is 34.1 Å². The second-order valence-electron chi connectivity index (χ2n) is 9.98. The molecule has 0 bridgehead atoms.